The fourth-order valence-electron chi connectivity index (χ4n) is 8.44. The Labute approximate surface area is 252 Å². The zero-order valence-electron chi connectivity index (χ0n) is 26.2. The summed E-state index contributed by atoms with van der Waals surface area (Å²) in [5.74, 6) is -0.465. The van der Waals surface area contributed by atoms with E-state index in [0.29, 0.717) is 19.3 Å². The highest BCUT2D eigenvalue weighted by Gasteiger charge is 2.78. The maximum Gasteiger partial charge on any atom is 0.306 e. The highest BCUT2D eigenvalue weighted by atomic mass is 16.6. The Hall–Kier alpha value is -2.44. The predicted octanol–water partition coefficient (Wildman–Crippen LogP) is 6.32. The van der Waals surface area contributed by atoms with Crippen molar-refractivity contribution in [2.45, 2.75) is 122 Å². The van der Waals surface area contributed by atoms with Crippen molar-refractivity contribution in [3.63, 3.8) is 0 Å². The number of amides is 1. The average Bonchev–Trinajstić information content (AvgIpc) is 3.56. The Kier molecular flexibility index (Phi) is 9.06. The lowest BCUT2D eigenvalue weighted by molar-refractivity contribution is -0.164. The molecule has 1 aromatic carbocycles. The molecule has 1 aromatic rings. The number of carbonyl (C=O) groups is 2. The summed E-state index contributed by atoms with van der Waals surface area (Å²) in [7, 11) is 0. The molecule has 42 heavy (non-hydrogen) atoms. The number of rotatable bonds is 9. The van der Waals surface area contributed by atoms with E-state index in [4.69, 9.17) is 9.47 Å². The first-order valence-corrected chi connectivity index (χ1v) is 16.3. The van der Waals surface area contributed by atoms with Gasteiger partial charge in [-0.3, -0.25) is 9.59 Å². The van der Waals surface area contributed by atoms with Crippen molar-refractivity contribution in [3.8, 4) is 0 Å². The largest absolute Gasteiger partial charge is 0.457 e. The normalized spacial score (nSPS) is 42.2. The minimum Gasteiger partial charge on any atom is -0.457 e. The first-order chi connectivity index (χ1) is 20.0. The van der Waals surface area contributed by atoms with Gasteiger partial charge in [-0.25, -0.2) is 0 Å². The summed E-state index contributed by atoms with van der Waals surface area (Å²) in [4.78, 5) is 28.0. The number of ether oxygens (including phenoxy) is 2. The van der Waals surface area contributed by atoms with E-state index >= 15 is 0 Å². The molecule has 2 aliphatic carbocycles. The van der Waals surface area contributed by atoms with Gasteiger partial charge in [0.05, 0.1) is 17.3 Å². The minimum atomic E-state index is -1.09. The van der Waals surface area contributed by atoms with E-state index in [1.165, 1.54) is 0 Å². The molecule has 1 spiro atoms. The number of fused-ring (bicyclic) bond motifs is 2. The number of esters is 1. The molecular weight excluding hydrogens is 526 g/mol. The van der Waals surface area contributed by atoms with Crippen LogP contribution in [0.15, 0.2) is 54.6 Å². The fraction of sp³-hybridized carbons (Fsp3) is 0.667. The van der Waals surface area contributed by atoms with E-state index < -0.39 is 17.1 Å². The maximum absolute atomic E-state index is 14.6. The van der Waals surface area contributed by atoms with Gasteiger partial charge in [0.2, 0.25) is 5.91 Å². The highest BCUT2D eigenvalue weighted by Crippen LogP contribution is 2.67. The van der Waals surface area contributed by atoms with E-state index in [2.05, 4.69) is 57.3 Å². The number of allylic oxidation sites excluding steroid dienone is 1. The second kappa shape index (κ2) is 12.3. The summed E-state index contributed by atoms with van der Waals surface area (Å²) in [6.45, 7) is 10.5. The van der Waals surface area contributed by atoms with Gasteiger partial charge in [0.25, 0.3) is 0 Å². The first-order valence-electron chi connectivity index (χ1n) is 16.3. The van der Waals surface area contributed by atoms with Crippen LogP contribution in [0.4, 0.5) is 0 Å². The molecule has 2 heterocycles. The molecule has 0 radical (unpaired) electrons. The number of unbranched alkanes of at least 4 members (excludes halogenated alkanes) is 4. The third-order valence-electron chi connectivity index (χ3n) is 10.7. The summed E-state index contributed by atoms with van der Waals surface area (Å²) in [6, 6.07) is 10.1. The number of hydrogen-bond acceptors (Lipinski definition) is 5. The second-order valence-electron chi connectivity index (χ2n) is 14.0. The second-order valence-corrected chi connectivity index (χ2v) is 14.0. The van der Waals surface area contributed by atoms with Crippen LogP contribution in [0.25, 0.3) is 0 Å². The number of hydrogen-bond donors (Lipinski definition) is 2. The number of aliphatic hydroxyl groups is 1. The van der Waals surface area contributed by atoms with Crippen molar-refractivity contribution < 1.29 is 24.2 Å². The smallest absolute Gasteiger partial charge is 0.306 e. The Morgan fingerprint density at radius 2 is 1.83 bits per heavy atom. The quantitative estimate of drug-likeness (QED) is 0.155. The maximum atomic E-state index is 14.6. The summed E-state index contributed by atoms with van der Waals surface area (Å²) < 4.78 is 12.9. The number of nitrogens with one attached hydrogen (secondary N) is 1. The van der Waals surface area contributed by atoms with Crippen molar-refractivity contribution in [3.05, 3.63) is 60.2 Å². The Balaban J connectivity index is 1.57. The molecule has 1 saturated carbocycles. The lowest BCUT2D eigenvalue weighted by Gasteiger charge is -2.49. The van der Waals surface area contributed by atoms with Gasteiger partial charge in [-0.1, -0.05) is 95.0 Å². The van der Waals surface area contributed by atoms with E-state index in [-0.39, 0.29) is 53.3 Å². The lowest BCUT2D eigenvalue weighted by Crippen LogP contribution is -2.60. The van der Waals surface area contributed by atoms with Gasteiger partial charge < -0.3 is 19.9 Å². The van der Waals surface area contributed by atoms with E-state index in [9.17, 15) is 14.7 Å². The monoisotopic (exact) mass is 577 g/mol. The zero-order chi connectivity index (χ0) is 30.1. The van der Waals surface area contributed by atoms with Crippen LogP contribution in [0.3, 0.4) is 0 Å². The molecule has 0 aromatic heterocycles. The molecule has 0 bridgehead atoms. The van der Waals surface area contributed by atoms with E-state index in [1.807, 2.05) is 24.3 Å². The minimum absolute atomic E-state index is 0.0491. The van der Waals surface area contributed by atoms with Crippen molar-refractivity contribution in [2.24, 2.45) is 29.1 Å². The van der Waals surface area contributed by atoms with Crippen LogP contribution in [0.5, 0.6) is 0 Å². The molecule has 2 N–H and O–H groups in total. The SMILES string of the molecule is CCCCCCCC(=O)O[C@@H]1/C=C/[C@](C)(O)C[C@@H](C)C/C=C/[C@H]2[C@@H]3O[C@]3(C)[C@@H](C)[C@H]3[C@H](Cc4ccccc4)NC(=O)[C@@]312. The van der Waals surface area contributed by atoms with Gasteiger partial charge >= 0.3 is 5.97 Å². The van der Waals surface area contributed by atoms with Crippen molar-refractivity contribution in [1.82, 2.24) is 5.32 Å². The van der Waals surface area contributed by atoms with Gasteiger partial charge in [0.1, 0.15) is 11.5 Å². The topological polar surface area (TPSA) is 88.2 Å². The van der Waals surface area contributed by atoms with Gasteiger partial charge in [-0.15, -0.1) is 0 Å². The average molecular weight is 578 g/mol. The molecule has 6 nitrogen and oxygen atoms in total. The van der Waals surface area contributed by atoms with E-state index in [1.54, 1.807) is 13.0 Å². The molecule has 5 rings (SSSR count). The van der Waals surface area contributed by atoms with Crippen LogP contribution in [-0.2, 0) is 25.5 Å². The van der Waals surface area contributed by atoms with Crippen LogP contribution >= 0.6 is 0 Å². The molecule has 0 unspecified atom stereocenters. The van der Waals surface area contributed by atoms with Crippen molar-refractivity contribution >= 4 is 11.9 Å². The molecule has 2 aliphatic heterocycles. The van der Waals surface area contributed by atoms with Gasteiger partial charge in [0, 0.05) is 24.3 Å². The van der Waals surface area contributed by atoms with E-state index in [0.717, 1.165) is 44.1 Å². The molecule has 1 amide bonds. The third-order valence-corrected chi connectivity index (χ3v) is 10.7. The van der Waals surface area contributed by atoms with Crippen LogP contribution in [0.2, 0.25) is 0 Å². The molecule has 10 atom stereocenters. The van der Waals surface area contributed by atoms with Crippen LogP contribution in [0.1, 0.15) is 91.5 Å². The molecular formula is C36H51NO5. The summed E-state index contributed by atoms with van der Waals surface area (Å²) >= 11 is 0. The highest BCUT2D eigenvalue weighted by molar-refractivity contribution is 5.89. The lowest BCUT2D eigenvalue weighted by atomic mass is 9.51. The predicted molar refractivity (Wildman–Crippen MR) is 164 cm³/mol. The molecule has 2 saturated heterocycles. The standard InChI is InChI=1S/C36H51NO5/c1-6-7-8-9-13-19-30(38)41-29-20-21-34(4,40)23-24(2)15-14-18-27-32-35(5,42-32)25(3)31-28(37-33(39)36(27,29)31)22-26-16-11-10-12-17-26/h10-12,14,16-18,20-21,24-25,27-29,31-32,40H,6-9,13,15,19,22-23H2,1-5H3,(H,37,39)/b18-14+,21-20+/t24-,25-,27-,28-,29+,31-,32-,34-,35+,36+/m0/s1. The number of carbonyl (C=O) groups excluding carboxylic acids is 2. The summed E-state index contributed by atoms with van der Waals surface area (Å²) in [6.07, 6.45) is 14.5. The van der Waals surface area contributed by atoms with Gasteiger partial charge in [-0.2, -0.15) is 0 Å². The van der Waals surface area contributed by atoms with Crippen molar-refractivity contribution in [1.29, 1.82) is 0 Å². The first kappa shape index (κ1) is 31.0. The molecule has 4 aliphatic rings. The van der Waals surface area contributed by atoms with Gasteiger partial charge in [0.15, 0.2) is 0 Å². The van der Waals surface area contributed by atoms with Gasteiger partial charge in [-0.05, 0) is 63.0 Å². The molecule has 3 fully saturated rings. The third kappa shape index (κ3) is 5.86. The Morgan fingerprint density at radius 1 is 1.10 bits per heavy atom. The van der Waals surface area contributed by atoms with Crippen LogP contribution < -0.4 is 5.32 Å². The number of benzene rings is 1. The fourth-order valence-corrected chi connectivity index (χ4v) is 8.44. The summed E-state index contributed by atoms with van der Waals surface area (Å²) in [5, 5.41) is 14.8. The molecule has 6 heteroatoms. The number of epoxide rings is 1. The van der Waals surface area contributed by atoms with Crippen LogP contribution in [0, 0.1) is 29.1 Å². The summed E-state index contributed by atoms with van der Waals surface area (Å²) in [5.41, 5.74) is -1.33. The van der Waals surface area contributed by atoms with Crippen LogP contribution in [-0.4, -0.2) is 46.4 Å². The Morgan fingerprint density at radius 3 is 2.57 bits per heavy atom. The van der Waals surface area contributed by atoms with Crippen molar-refractivity contribution in [2.75, 3.05) is 0 Å². The Bertz CT molecular complexity index is 1180. The molecule has 230 valence electrons. The zero-order valence-corrected chi connectivity index (χ0v) is 26.2.